The minimum atomic E-state index is -0.143. The van der Waals surface area contributed by atoms with E-state index < -0.39 is 0 Å². The van der Waals surface area contributed by atoms with Gasteiger partial charge in [-0.05, 0) is 214 Å². The first-order chi connectivity index (χ1) is 44.1. The molecule has 0 saturated heterocycles. The summed E-state index contributed by atoms with van der Waals surface area (Å²) in [5.74, 6) is 3.12. The molecule has 3 aromatic heterocycles. The quantitative estimate of drug-likeness (QED) is 0.161. The zero-order valence-corrected chi connectivity index (χ0v) is 62.8. The summed E-state index contributed by atoms with van der Waals surface area (Å²) in [6.45, 7) is 57.1. The smallest absolute Gasteiger partial charge is 0.252 e. The topological polar surface area (TPSA) is 48.5 Å². The highest BCUT2D eigenvalue weighted by atomic mass is 15.1. The molecule has 0 spiro atoms. The van der Waals surface area contributed by atoms with E-state index in [-0.39, 0.29) is 50.0 Å². The maximum absolute atomic E-state index is 5.91. The summed E-state index contributed by atoms with van der Waals surface area (Å²) >= 11 is 0. The Morgan fingerprint density at radius 1 is 0.316 bits per heavy atom. The SMILES string of the molecule is CC(C)(C)c1cc(-c2nc(-c3cc(C(C)(C)C)cc(C(C)(C)C)c3)nc(-c3cc4c5c(c3)-n3c6cc(C(C)(C)C)cc(C(C)(C)C)c6c6cc(C7CCCCC7)cc(c63)B5c3cc(C5CCCCC5)cc5c6c(C(C)(C)C)cc(C(C)(C)C)cc6n-4c35)n2)cc(C(C)(C)C)c1. The maximum atomic E-state index is 5.91. The molecule has 14 rings (SSSR count). The summed E-state index contributed by atoms with van der Waals surface area (Å²) in [5, 5.41) is 5.62. The Kier molecular flexibility index (Phi) is 15.1. The van der Waals surface area contributed by atoms with Crippen molar-refractivity contribution in [3.63, 3.8) is 0 Å². The molecule has 0 amide bonds. The predicted molar refractivity (Wildman–Crippen MR) is 411 cm³/mol. The molecule has 6 heteroatoms. The Bertz CT molecular complexity index is 4430. The molecule has 4 aliphatic rings. The van der Waals surface area contributed by atoms with Crippen LogP contribution in [0.4, 0.5) is 0 Å². The van der Waals surface area contributed by atoms with Crippen LogP contribution in [0.2, 0.25) is 0 Å². The van der Waals surface area contributed by atoms with Crippen LogP contribution in [-0.2, 0) is 43.3 Å². The van der Waals surface area contributed by atoms with Crippen molar-refractivity contribution >= 4 is 66.7 Å². The van der Waals surface area contributed by atoms with Crippen molar-refractivity contribution in [1.82, 2.24) is 24.1 Å². The molecule has 0 unspecified atom stereocenters. The Morgan fingerprint density at radius 2 is 0.611 bits per heavy atom. The van der Waals surface area contributed by atoms with Crippen LogP contribution in [0.5, 0.6) is 0 Å². The fraction of sp³-hybridized carbons (Fsp3) is 0.494. The lowest BCUT2D eigenvalue weighted by Crippen LogP contribution is -2.59. The van der Waals surface area contributed by atoms with Crippen molar-refractivity contribution in [1.29, 1.82) is 0 Å². The van der Waals surface area contributed by atoms with E-state index >= 15 is 0 Å². The van der Waals surface area contributed by atoms with Gasteiger partial charge in [-0.2, -0.15) is 0 Å². The van der Waals surface area contributed by atoms with Crippen molar-refractivity contribution in [2.24, 2.45) is 0 Å². The molecular formula is C89H110BN5. The zero-order chi connectivity index (χ0) is 68.1. The fourth-order valence-corrected chi connectivity index (χ4v) is 16.9. The Balaban J connectivity index is 1.21. The van der Waals surface area contributed by atoms with E-state index in [1.165, 1.54) is 191 Å². The summed E-state index contributed by atoms with van der Waals surface area (Å²) in [5.41, 5.74) is 27.9. The lowest BCUT2D eigenvalue weighted by atomic mass is 9.34. The number of benzene rings is 7. The lowest BCUT2D eigenvalue weighted by Gasteiger charge is -2.35. The highest BCUT2D eigenvalue weighted by molar-refractivity contribution is 7.00. The summed E-state index contributed by atoms with van der Waals surface area (Å²) in [6, 6.07) is 40.7. The number of hydrogen-bond donors (Lipinski definition) is 0. The standard InChI is InChI=1S/C89H110BN5/c1-82(2,3)58-35-55(36-59(45-58)83(4,5)6)79-91-80(56-37-60(84(7,8)9)46-61(38-56)85(10,11)12)93-81(92-79)57-43-72-76-73(44-57)95-71-50-63(87(16,17)18)48-67(89(22,23)24)75(71)65-40-54(52-33-29-26-30-34-52)42-69(78(65)95)90(76)68-41-53(51-31-27-25-28-32-51)39-64-74-66(88(19,20)21)47-62(86(13,14)15)49-70(74)94(72)77(64)68/h35-52H,25-34H2,1-24H3. The van der Waals surface area contributed by atoms with Crippen molar-refractivity contribution in [2.75, 3.05) is 0 Å². The van der Waals surface area contributed by atoms with Gasteiger partial charge in [0.1, 0.15) is 0 Å². The normalized spacial score (nSPS) is 16.3. The molecule has 0 N–H and O–H groups in total. The molecular weight excluding hydrogens is 1150 g/mol. The van der Waals surface area contributed by atoms with Gasteiger partial charge in [-0.15, -0.1) is 0 Å². The largest absolute Gasteiger partial charge is 0.310 e. The molecule has 494 valence electrons. The molecule has 10 aromatic rings. The maximum Gasteiger partial charge on any atom is 0.252 e. The van der Waals surface area contributed by atoms with Crippen LogP contribution in [0.3, 0.4) is 0 Å². The van der Waals surface area contributed by atoms with Crippen LogP contribution in [0.1, 0.15) is 298 Å². The van der Waals surface area contributed by atoms with E-state index in [0.29, 0.717) is 29.3 Å². The monoisotopic (exact) mass is 1260 g/mol. The molecule has 5 heterocycles. The molecule has 2 fully saturated rings. The van der Waals surface area contributed by atoms with Gasteiger partial charge >= 0.3 is 0 Å². The van der Waals surface area contributed by atoms with Crippen LogP contribution in [0, 0.1) is 0 Å². The number of aromatic nitrogens is 5. The average Bonchev–Trinajstić information content (AvgIpc) is 1.54. The van der Waals surface area contributed by atoms with E-state index in [1.807, 2.05) is 0 Å². The summed E-state index contributed by atoms with van der Waals surface area (Å²) < 4.78 is 5.56. The van der Waals surface area contributed by atoms with E-state index in [2.05, 4.69) is 272 Å². The molecule has 0 bridgehead atoms. The summed E-state index contributed by atoms with van der Waals surface area (Å²) in [7, 11) is 0. The van der Waals surface area contributed by atoms with Crippen LogP contribution >= 0.6 is 0 Å². The first-order valence-electron chi connectivity index (χ1n) is 36.7. The van der Waals surface area contributed by atoms with Gasteiger partial charge in [0.25, 0.3) is 6.71 Å². The number of hydrogen-bond acceptors (Lipinski definition) is 3. The molecule has 5 nitrogen and oxygen atoms in total. The van der Waals surface area contributed by atoms with Gasteiger partial charge in [-0.1, -0.05) is 241 Å². The van der Waals surface area contributed by atoms with E-state index in [0.717, 1.165) is 16.7 Å². The average molecular weight is 1260 g/mol. The third-order valence-corrected chi connectivity index (χ3v) is 22.8. The number of rotatable bonds is 5. The Hall–Kier alpha value is -6.79. The van der Waals surface area contributed by atoms with Gasteiger partial charge in [-0.25, -0.2) is 15.0 Å². The summed E-state index contributed by atoms with van der Waals surface area (Å²) in [4.78, 5) is 17.5. The predicted octanol–water partition coefficient (Wildman–Crippen LogP) is 22.7. The number of nitrogens with zero attached hydrogens (tertiary/aromatic N) is 5. The Morgan fingerprint density at radius 3 is 0.905 bits per heavy atom. The van der Waals surface area contributed by atoms with Gasteiger partial charge in [0, 0.05) is 60.6 Å². The van der Waals surface area contributed by atoms with Crippen LogP contribution < -0.4 is 16.4 Å². The Labute approximate surface area is 571 Å². The third-order valence-electron chi connectivity index (χ3n) is 22.8. The van der Waals surface area contributed by atoms with Crippen LogP contribution in [0.25, 0.3) is 89.2 Å². The minimum Gasteiger partial charge on any atom is -0.310 e. The van der Waals surface area contributed by atoms with Crippen molar-refractivity contribution in [3.05, 3.63) is 153 Å². The molecule has 7 aromatic carbocycles. The highest BCUT2D eigenvalue weighted by Crippen LogP contribution is 2.50. The molecule has 0 radical (unpaired) electrons. The van der Waals surface area contributed by atoms with E-state index in [4.69, 9.17) is 15.0 Å². The first kappa shape index (κ1) is 65.5. The molecule has 95 heavy (non-hydrogen) atoms. The van der Waals surface area contributed by atoms with Gasteiger partial charge < -0.3 is 9.13 Å². The second-order valence-electron chi connectivity index (χ2n) is 38.5. The second-order valence-corrected chi connectivity index (χ2v) is 38.5. The van der Waals surface area contributed by atoms with Crippen LogP contribution in [0.15, 0.2) is 97.1 Å². The molecule has 0 atom stereocenters. The van der Waals surface area contributed by atoms with Crippen LogP contribution in [-0.4, -0.2) is 30.8 Å². The van der Waals surface area contributed by atoms with Gasteiger partial charge in [-0.3, -0.25) is 0 Å². The lowest BCUT2D eigenvalue weighted by molar-refractivity contribution is 0.444. The number of fused-ring (bicyclic) bond motifs is 10. The first-order valence-corrected chi connectivity index (χ1v) is 36.7. The second kappa shape index (κ2) is 21.9. The van der Waals surface area contributed by atoms with Gasteiger partial charge in [0.2, 0.25) is 0 Å². The van der Waals surface area contributed by atoms with Crippen molar-refractivity contribution < 1.29 is 0 Å². The zero-order valence-electron chi connectivity index (χ0n) is 62.8. The van der Waals surface area contributed by atoms with E-state index in [1.54, 1.807) is 0 Å². The minimum absolute atomic E-state index is 0.0310. The molecule has 2 aliphatic carbocycles. The van der Waals surface area contributed by atoms with Crippen molar-refractivity contribution in [3.8, 4) is 45.5 Å². The third kappa shape index (κ3) is 11.3. The van der Waals surface area contributed by atoms with E-state index in [9.17, 15) is 0 Å². The van der Waals surface area contributed by atoms with Crippen molar-refractivity contribution in [2.45, 2.75) is 286 Å². The highest BCUT2D eigenvalue weighted by Gasteiger charge is 2.45. The fourth-order valence-electron chi connectivity index (χ4n) is 16.9. The molecule has 2 saturated carbocycles. The van der Waals surface area contributed by atoms with Gasteiger partial charge in [0.05, 0.1) is 11.0 Å². The summed E-state index contributed by atoms with van der Waals surface area (Å²) in [6.07, 6.45) is 12.8. The molecule has 2 aliphatic heterocycles. The van der Waals surface area contributed by atoms with Gasteiger partial charge in [0.15, 0.2) is 17.5 Å².